The van der Waals surface area contributed by atoms with E-state index in [9.17, 15) is 4.21 Å². The molecule has 0 aliphatic rings. The molecule has 0 aliphatic carbocycles. The van der Waals surface area contributed by atoms with Crippen molar-refractivity contribution >= 4 is 22.1 Å². The van der Waals surface area contributed by atoms with E-state index in [-0.39, 0.29) is 6.04 Å². The molecule has 2 aromatic rings. The monoisotopic (exact) mass is 293 g/mol. The molecule has 2 nitrogen and oxygen atoms in total. The van der Waals surface area contributed by atoms with Crippen LogP contribution in [0.4, 0.5) is 0 Å². The summed E-state index contributed by atoms with van der Waals surface area (Å²) in [6.45, 7) is 4.22. The molecule has 1 aromatic heterocycles. The van der Waals surface area contributed by atoms with E-state index in [1.165, 1.54) is 16.7 Å². The van der Waals surface area contributed by atoms with Gasteiger partial charge in [0, 0.05) is 11.8 Å². The summed E-state index contributed by atoms with van der Waals surface area (Å²) in [5.74, 6) is 0.611. The molecule has 1 heterocycles. The molecule has 0 radical (unpaired) electrons. The molecule has 19 heavy (non-hydrogen) atoms. The summed E-state index contributed by atoms with van der Waals surface area (Å²) in [4.78, 5) is 0. The van der Waals surface area contributed by atoms with Gasteiger partial charge in [-0.2, -0.15) is 0 Å². The molecule has 1 N–H and O–H groups in total. The molecule has 0 fully saturated rings. The number of benzene rings is 1. The first kappa shape index (κ1) is 14.4. The number of aryl methyl sites for hydroxylation is 2. The summed E-state index contributed by atoms with van der Waals surface area (Å²) in [7, 11) is 0.983. The van der Waals surface area contributed by atoms with Gasteiger partial charge in [-0.3, -0.25) is 4.21 Å². The largest absolute Gasteiger partial charge is 0.312 e. The van der Waals surface area contributed by atoms with Gasteiger partial charge < -0.3 is 5.32 Å². The summed E-state index contributed by atoms with van der Waals surface area (Å²) in [6.07, 6.45) is 0. The van der Waals surface area contributed by atoms with E-state index in [0.717, 1.165) is 4.21 Å². The van der Waals surface area contributed by atoms with Crippen molar-refractivity contribution in [3.63, 3.8) is 0 Å². The topological polar surface area (TPSA) is 29.1 Å². The number of nitrogens with one attached hydrogen (secondary N) is 1. The predicted octanol–water partition coefficient (Wildman–Crippen LogP) is 3.43. The number of hydrogen-bond acceptors (Lipinski definition) is 3. The maximum atomic E-state index is 12.3. The zero-order valence-corrected chi connectivity index (χ0v) is 13.1. The van der Waals surface area contributed by atoms with Gasteiger partial charge in [0.05, 0.1) is 15.0 Å². The smallest absolute Gasteiger partial charge is 0.0911 e. The summed E-state index contributed by atoms with van der Waals surface area (Å²) in [5, 5.41) is 5.24. The minimum Gasteiger partial charge on any atom is -0.312 e. The van der Waals surface area contributed by atoms with Gasteiger partial charge in [-0.1, -0.05) is 24.3 Å². The Kier molecular flexibility index (Phi) is 4.91. The molecule has 0 bridgehead atoms. The maximum absolute atomic E-state index is 12.3. The Morgan fingerprint density at radius 1 is 1.26 bits per heavy atom. The van der Waals surface area contributed by atoms with Crippen LogP contribution in [0.2, 0.25) is 0 Å². The maximum Gasteiger partial charge on any atom is 0.0911 e. The second kappa shape index (κ2) is 6.46. The second-order valence-electron chi connectivity index (χ2n) is 4.63. The van der Waals surface area contributed by atoms with Crippen molar-refractivity contribution in [2.75, 3.05) is 12.8 Å². The summed E-state index contributed by atoms with van der Waals surface area (Å²) in [5.41, 5.74) is 3.77. The van der Waals surface area contributed by atoms with Gasteiger partial charge in [-0.05, 0) is 49.0 Å². The minimum absolute atomic E-state index is 0.127. The average molecular weight is 293 g/mol. The molecule has 102 valence electrons. The van der Waals surface area contributed by atoms with Crippen molar-refractivity contribution in [2.45, 2.75) is 24.1 Å². The summed E-state index contributed by atoms with van der Waals surface area (Å²) < 4.78 is 13.2. The van der Waals surface area contributed by atoms with Crippen LogP contribution in [0, 0.1) is 13.8 Å². The zero-order valence-electron chi connectivity index (χ0n) is 11.5. The van der Waals surface area contributed by atoms with E-state index in [1.807, 2.05) is 24.6 Å². The van der Waals surface area contributed by atoms with E-state index >= 15 is 0 Å². The van der Waals surface area contributed by atoms with Gasteiger partial charge in [0.1, 0.15) is 0 Å². The van der Waals surface area contributed by atoms with E-state index in [2.05, 4.69) is 37.4 Å². The highest BCUT2D eigenvalue weighted by Crippen LogP contribution is 2.21. The standard InChI is InChI=1S/C15H19NOS2/c1-11-6-7-13(9-12(11)2)14(16-3)10-19(17)15-5-4-8-18-15/h4-9,14,16H,10H2,1-3H3. The number of thiophene rings is 1. The Balaban J connectivity index is 2.16. The second-order valence-corrected chi connectivity index (χ2v) is 7.30. The zero-order chi connectivity index (χ0) is 13.8. The van der Waals surface area contributed by atoms with Gasteiger partial charge in [0.25, 0.3) is 0 Å². The molecule has 1 aromatic carbocycles. The molecule has 0 spiro atoms. The van der Waals surface area contributed by atoms with Gasteiger partial charge in [0.2, 0.25) is 0 Å². The molecule has 2 atom stereocenters. The molecule has 0 amide bonds. The number of rotatable bonds is 5. The highest BCUT2D eigenvalue weighted by molar-refractivity contribution is 7.87. The van der Waals surface area contributed by atoms with Crippen LogP contribution >= 0.6 is 11.3 Å². The number of hydrogen-bond donors (Lipinski definition) is 1. The predicted molar refractivity (Wildman–Crippen MR) is 83.3 cm³/mol. The summed E-state index contributed by atoms with van der Waals surface area (Å²) >= 11 is 1.56. The first-order valence-corrected chi connectivity index (χ1v) is 8.48. The minimum atomic E-state index is -0.939. The fourth-order valence-electron chi connectivity index (χ4n) is 1.95. The average Bonchev–Trinajstić information content (AvgIpc) is 2.93. The van der Waals surface area contributed by atoms with Crippen LogP contribution in [0.1, 0.15) is 22.7 Å². The van der Waals surface area contributed by atoms with Crippen LogP contribution in [-0.2, 0) is 10.8 Å². The molecule has 2 unspecified atom stereocenters. The normalized spacial score (nSPS) is 14.3. The van der Waals surface area contributed by atoms with E-state index in [0.29, 0.717) is 5.75 Å². The van der Waals surface area contributed by atoms with Crippen LogP contribution in [0.3, 0.4) is 0 Å². The lowest BCUT2D eigenvalue weighted by molar-refractivity contribution is 0.636. The quantitative estimate of drug-likeness (QED) is 0.915. The van der Waals surface area contributed by atoms with Crippen molar-refractivity contribution in [3.05, 3.63) is 52.4 Å². The molecule has 0 saturated carbocycles. The third-order valence-corrected chi connectivity index (χ3v) is 6.05. The highest BCUT2D eigenvalue weighted by Gasteiger charge is 2.15. The lowest BCUT2D eigenvalue weighted by Crippen LogP contribution is -2.22. The van der Waals surface area contributed by atoms with Crippen molar-refractivity contribution < 1.29 is 4.21 Å². The van der Waals surface area contributed by atoms with Gasteiger partial charge >= 0.3 is 0 Å². The van der Waals surface area contributed by atoms with Gasteiger partial charge in [-0.15, -0.1) is 11.3 Å². The molecular formula is C15H19NOS2. The third-order valence-electron chi connectivity index (χ3n) is 3.32. The van der Waals surface area contributed by atoms with E-state index in [1.54, 1.807) is 11.3 Å². The first-order valence-electron chi connectivity index (χ1n) is 6.28. The molecule has 4 heteroatoms. The highest BCUT2D eigenvalue weighted by atomic mass is 32.2. The van der Waals surface area contributed by atoms with Gasteiger partial charge in [-0.25, -0.2) is 0 Å². The van der Waals surface area contributed by atoms with E-state index in [4.69, 9.17) is 0 Å². The van der Waals surface area contributed by atoms with Crippen LogP contribution in [0.15, 0.2) is 39.9 Å². The van der Waals surface area contributed by atoms with Crippen LogP contribution in [0.25, 0.3) is 0 Å². The van der Waals surface area contributed by atoms with Crippen molar-refractivity contribution in [2.24, 2.45) is 0 Å². The Hall–Kier alpha value is -0.970. The molecular weight excluding hydrogens is 274 g/mol. The molecule has 2 rings (SSSR count). The lowest BCUT2D eigenvalue weighted by atomic mass is 10.0. The Morgan fingerprint density at radius 2 is 2.05 bits per heavy atom. The fourth-order valence-corrected chi connectivity index (χ4v) is 4.26. The molecule has 0 saturated heterocycles. The SMILES string of the molecule is CNC(CS(=O)c1cccs1)c1ccc(C)c(C)c1. The summed E-state index contributed by atoms with van der Waals surface area (Å²) in [6, 6.07) is 10.4. The van der Waals surface area contributed by atoms with Gasteiger partial charge in [0.15, 0.2) is 0 Å². The first-order chi connectivity index (χ1) is 9.11. The van der Waals surface area contributed by atoms with Crippen LogP contribution in [-0.4, -0.2) is 17.0 Å². The van der Waals surface area contributed by atoms with Crippen LogP contribution in [0.5, 0.6) is 0 Å². The van der Waals surface area contributed by atoms with E-state index < -0.39 is 10.8 Å². The fraction of sp³-hybridized carbons (Fsp3) is 0.333. The Bertz CT molecular complexity index is 564. The van der Waals surface area contributed by atoms with Crippen LogP contribution < -0.4 is 5.32 Å². The third kappa shape index (κ3) is 3.53. The Labute approximate surface area is 121 Å². The Morgan fingerprint density at radius 3 is 2.63 bits per heavy atom. The lowest BCUT2D eigenvalue weighted by Gasteiger charge is -2.17. The molecule has 0 aliphatic heterocycles. The van der Waals surface area contributed by atoms with Crippen molar-refractivity contribution in [1.82, 2.24) is 5.32 Å². The van der Waals surface area contributed by atoms with Crippen molar-refractivity contribution in [3.8, 4) is 0 Å². The van der Waals surface area contributed by atoms with Crippen molar-refractivity contribution in [1.29, 1.82) is 0 Å².